The highest BCUT2D eigenvalue weighted by Gasteiger charge is 2.28. The van der Waals surface area contributed by atoms with Crippen molar-refractivity contribution in [3.8, 4) is 0 Å². The first-order valence-electron chi connectivity index (χ1n) is 6.57. The highest BCUT2D eigenvalue weighted by Crippen LogP contribution is 2.17. The summed E-state index contributed by atoms with van der Waals surface area (Å²) in [5.74, 6) is 0. The number of nitrogens with zero attached hydrogens (tertiary/aromatic N) is 3. The van der Waals surface area contributed by atoms with Crippen molar-refractivity contribution >= 4 is 12.4 Å². The van der Waals surface area contributed by atoms with Crippen LogP contribution in [0.4, 0.5) is 0 Å². The van der Waals surface area contributed by atoms with Crippen LogP contribution in [0.5, 0.6) is 0 Å². The van der Waals surface area contributed by atoms with Crippen molar-refractivity contribution in [2.75, 3.05) is 39.3 Å². The number of nitrogens with one attached hydrogen (secondary N) is 2. The summed E-state index contributed by atoms with van der Waals surface area (Å²) in [6.07, 6.45) is 3.15. The van der Waals surface area contributed by atoms with Crippen LogP contribution in [0.25, 0.3) is 0 Å². The molecule has 0 saturated carbocycles. The van der Waals surface area contributed by atoms with E-state index in [1.807, 2.05) is 6.20 Å². The number of hydrogen-bond acceptors (Lipinski definition) is 4. The molecule has 3 heterocycles. The molecule has 0 aliphatic carbocycles. The van der Waals surface area contributed by atoms with Crippen LogP contribution in [0, 0.1) is 0 Å². The Kier molecular flexibility index (Phi) is 5.00. The molecule has 1 aromatic rings. The maximum absolute atomic E-state index is 4.00. The SMILES string of the molecule is Cl.c1cc(CN2CCC(N3CCNCC3)C2)[nH]n1. The van der Waals surface area contributed by atoms with Gasteiger partial charge in [-0.3, -0.25) is 14.9 Å². The third-order valence-corrected chi connectivity index (χ3v) is 3.87. The third kappa shape index (κ3) is 3.23. The predicted molar refractivity (Wildman–Crippen MR) is 74.0 cm³/mol. The van der Waals surface area contributed by atoms with Gasteiger partial charge in [-0.1, -0.05) is 0 Å². The molecule has 2 aliphatic rings. The Bertz CT molecular complexity index is 336. The maximum Gasteiger partial charge on any atom is 0.0492 e. The monoisotopic (exact) mass is 271 g/mol. The Morgan fingerprint density at radius 2 is 2.11 bits per heavy atom. The summed E-state index contributed by atoms with van der Waals surface area (Å²) < 4.78 is 0. The molecular formula is C12H22ClN5. The van der Waals surface area contributed by atoms with Crippen molar-refractivity contribution in [3.05, 3.63) is 18.0 Å². The van der Waals surface area contributed by atoms with Gasteiger partial charge in [0.15, 0.2) is 0 Å². The summed E-state index contributed by atoms with van der Waals surface area (Å²) in [5.41, 5.74) is 1.23. The van der Waals surface area contributed by atoms with E-state index in [0.29, 0.717) is 0 Å². The quantitative estimate of drug-likeness (QED) is 0.831. The molecule has 0 bridgehead atoms. The van der Waals surface area contributed by atoms with Crippen LogP contribution in [-0.2, 0) is 6.54 Å². The Labute approximate surface area is 114 Å². The highest BCUT2D eigenvalue weighted by atomic mass is 35.5. The summed E-state index contributed by atoms with van der Waals surface area (Å²) >= 11 is 0. The first-order valence-corrected chi connectivity index (χ1v) is 6.57. The van der Waals surface area contributed by atoms with Gasteiger partial charge < -0.3 is 5.32 Å². The van der Waals surface area contributed by atoms with Gasteiger partial charge in [0.2, 0.25) is 0 Å². The van der Waals surface area contributed by atoms with E-state index in [9.17, 15) is 0 Å². The maximum atomic E-state index is 4.00. The van der Waals surface area contributed by atoms with E-state index in [1.165, 1.54) is 38.3 Å². The van der Waals surface area contributed by atoms with Gasteiger partial charge in [-0.2, -0.15) is 5.10 Å². The second kappa shape index (κ2) is 6.52. The summed E-state index contributed by atoms with van der Waals surface area (Å²) in [6, 6.07) is 2.83. The van der Waals surface area contributed by atoms with Gasteiger partial charge >= 0.3 is 0 Å². The average Bonchev–Trinajstić information content (AvgIpc) is 3.02. The molecule has 1 unspecified atom stereocenters. The summed E-state index contributed by atoms with van der Waals surface area (Å²) in [4.78, 5) is 5.17. The third-order valence-electron chi connectivity index (χ3n) is 3.87. The molecule has 102 valence electrons. The van der Waals surface area contributed by atoms with Crippen LogP contribution in [0.3, 0.4) is 0 Å². The van der Waals surface area contributed by atoms with Gasteiger partial charge in [-0.05, 0) is 12.5 Å². The van der Waals surface area contributed by atoms with Crippen molar-refractivity contribution in [1.82, 2.24) is 25.3 Å². The molecule has 0 aromatic carbocycles. The zero-order valence-corrected chi connectivity index (χ0v) is 11.5. The van der Waals surface area contributed by atoms with Gasteiger partial charge in [-0.25, -0.2) is 0 Å². The van der Waals surface area contributed by atoms with Crippen molar-refractivity contribution in [2.24, 2.45) is 0 Å². The van der Waals surface area contributed by atoms with Gasteiger partial charge in [0.1, 0.15) is 0 Å². The van der Waals surface area contributed by atoms with Crippen LogP contribution in [0.15, 0.2) is 12.3 Å². The number of H-pyrrole nitrogens is 1. The van der Waals surface area contributed by atoms with Crippen LogP contribution in [0.1, 0.15) is 12.1 Å². The highest BCUT2D eigenvalue weighted by molar-refractivity contribution is 5.85. The molecule has 0 amide bonds. The summed E-state index contributed by atoms with van der Waals surface area (Å²) in [5, 5.41) is 10.5. The number of aromatic nitrogens is 2. The van der Waals surface area contributed by atoms with Gasteiger partial charge in [0.25, 0.3) is 0 Å². The topological polar surface area (TPSA) is 47.2 Å². The van der Waals surface area contributed by atoms with Crippen LogP contribution in [0.2, 0.25) is 0 Å². The standard InChI is InChI=1S/C12H21N5.ClH/c1-3-14-15-11(1)9-16-6-2-12(10-16)17-7-4-13-5-8-17;/h1,3,12-13H,2,4-10H2,(H,14,15);1H. The molecule has 2 N–H and O–H groups in total. The Morgan fingerprint density at radius 3 is 2.83 bits per heavy atom. The fourth-order valence-corrected chi connectivity index (χ4v) is 2.91. The lowest BCUT2D eigenvalue weighted by molar-refractivity contribution is 0.170. The fourth-order valence-electron chi connectivity index (χ4n) is 2.91. The van der Waals surface area contributed by atoms with Gasteiger partial charge in [0, 0.05) is 63.7 Å². The van der Waals surface area contributed by atoms with Crippen LogP contribution in [-0.4, -0.2) is 65.3 Å². The molecule has 2 saturated heterocycles. The first-order chi connectivity index (χ1) is 8.42. The number of hydrogen-bond donors (Lipinski definition) is 2. The lowest BCUT2D eigenvalue weighted by Crippen LogP contribution is -2.49. The molecular weight excluding hydrogens is 250 g/mol. The second-order valence-corrected chi connectivity index (χ2v) is 5.05. The fraction of sp³-hybridized carbons (Fsp3) is 0.750. The van der Waals surface area contributed by atoms with E-state index in [1.54, 1.807) is 0 Å². The minimum absolute atomic E-state index is 0. The first kappa shape index (κ1) is 13.8. The van der Waals surface area contributed by atoms with Gasteiger partial charge in [0.05, 0.1) is 0 Å². The number of rotatable bonds is 3. The molecule has 1 atom stereocenters. The van der Waals surface area contributed by atoms with E-state index in [-0.39, 0.29) is 12.4 Å². The van der Waals surface area contributed by atoms with Gasteiger partial charge in [-0.15, -0.1) is 12.4 Å². The zero-order chi connectivity index (χ0) is 11.5. The molecule has 2 aliphatic heterocycles. The number of likely N-dealkylation sites (tertiary alicyclic amines) is 1. The zero-order valence-electron chi connectivity index (χ0n) is 10.6. The van der Waals surface area contributed by atoms with Crippen LogP contribution < -0.4 is 5.32 Å². The van der Waals surface area contributed by atoms with E-state index in [2.05, 4.69) is 31.4 Å². The number of halogens is 1. The molecule has 0 spiro atoms. The molecule has 5 nitrogen and oxygen atoms in total. The second-order valence-electron chi connectivity index (χ2n) is 5.05. The van der Waals surface area contributed by atoms with Crippen molar-refractivity contribution in [1.29, 1.82) is 0 Å². The molecule has 6 heteroatoms. The van der Waals surface area contributed by atoms with Crippen LogP contribution >= 0.6 is 12.4 Å². The van der Waals surface area contributed by atoms with Crippen molar-refractivity contribution in [3.63, 3.8) is 0 Å². The van der Waals surface area contributed by atoms with E-state index in [4.69, 9.17) is 0 Å². The minimum Gasteiger partial charge on any atom is -0.314 e. The number of aromatic amines is 1. The Morgan fingerprint density at radius 1 is 1.28 bits per heavy atom. The van der Waals surface area contributed by atoms with E-state index in [0.717, 1.165) is 25.7 Å². The molecule has 2 fully saturated rings. The van der Waals surface area contributed by atoms with E-state index < -0.39 is 0 Å². The number of piperazine rings is 1. The molecule has 0 radical (unpaired) electrons. The summed E-state index contributed by atoms with van der Waals surface area (Å²) in [7, 11) is 0. The largest absolute Gasteiger partial charge is 0.314 e. The average molecular weight is 272 g/mol. The lowest BCUT2D eigenvalue weighted by Gasteiger charge is -2.32. The Hall–Kier alpha value is -0.620. The van der Waals surface area contributed by atoms with Crippen molar-refractivity contribution < 1.29 is 0 Å². The molecule has 18 heavy (non-hydrogen) atoms. The lowest BCUT2D eigenvalue weighted by atomic mass is 10.2. The molecule has 1 aromatic heterocycles. The van der Waals surface area contributed by atoms with E-state index >= 15 is 0 Å². The smallest absolute Gasteiger partial charge is 0.0492 e. The minimum atomic E-state index is 0. The molecule has 3 rings (SSSR count). The van der Waals surface area contributed by atoms with Crippen molar-refractivity contribution in [2.45, 2.75) is 19.0 Å². The summed E-state index contributed by atoms with van der Waals surface area (Å²) in [6.45, 7) is 8.16. The normalized spacial score (nSPS) is 26.1. The predicted octanol–water partition coefficient (Wildman–Crippen LogP) is 0.311. The Balaban J connectivity index is 0.00000120.